The zero-order chi connectivity index (χ0) is 36.4. The van der Waals surface area contributed by atoms with Gasteiger partial charge in [0.25, 0.3) is 0 Å². The maximum atomic E-state index is 10.9. The molecule has 0 saturated carbocycles. The molecule has 0 aliphatic carbocycles. The second-order valence-corrected chi connectivity index (χ2v) is 17.4. The zero-order valence-corrected chi connectivity index (χ0v) is 31.7. The fourth-order valence-corrected chi connectivity index (χ4v) is 7.23. The van der Waals surface area contributed by atoms with Gasteiger partial charge >= 0.3 is 0 Å². The maximum Gasteiger partial charge on any atom is 0.142 e. The molecule has 0 amide bonds. The van der Waals surface area contributed by atoms with Crippen LogP contribution in [-0.2, 0) is 17.3 Å². The number of nitrogens with one attached hydrogen (secondary N) is 4. The lowest BCUT2D eigenvalue weighted by atomic mass is 9.71. The van der Waals surface area contributed by atoms with Crippen LogP contribution in [0.4, 0.5) is 11.4 Å². The van der Waals surface area contributed by atoms with Gasteiger partial charge < -0.3 is 16.6 Å². The summed E-state index contributed by atoms with van der Waals surface area (Å²) >= 11 is 0. The number of aromatic amines is 4. The number of benzene rings is 4. The van der Waals surface area contributed by atoms with Gasteiger partial charge in [-0.15, -0.1) is 0 Å². The van der Waals surface area contributed by atoms with Crippen LogP contribution in [0.3, 0.4) is 0 Å². The molecule has 0 aliphatic heterocycles. The summed E-state index contributed by atoms with van der Waals surface area (Å²) in [6.07, 6.45) is 2.67. The molecule has 0 aliphatic rings. The Balaban J connectivity index is 0.000000267. The molecule has 4 aromatic carbocycles. The van der Waals surface area contributed by atoms with Crippen molar-refractivity contribution in [3.8, 4) is 5.75 Å². The smallest absolute Gasteiger partial charge is 0.142 e. The summed E-state index contributed by atoms with van der Waals surface area (Å²) in [6, 6.07) is 24.6. The molecular formula is C42H60N6O. The van der Waals surface area contributed by atoms with Crippen LogP contribution in [0.25, 0.3) is 22.1 Å². The minimum absolute atomic E-state index is 0.00750. The number of phenolic OH excluding ortho intramolecular Hbond substituents is 1. The Bertz CT molecular complexity index is 1760. The van der Waals surface area contributed by atoms with Crippen molar-refractivity contribution < 1.29 is 5.11 Å². The van der Waals surface area contributed by atoms with Crippen molar-refractivity contribution in [1.29, 1.82) is 0 Å². The molecule has 0 bridgehead atoms. The Morgan fingerprint density at radius 2 is 0.878 bits per heavy atom. The van der Waals surface area contributed by atoms with Gasteiger partial charge in [-0.2, -0.15) is 0 Å². The highest BCUT2D eigenvalue weighted by atomic mass is 16.3. The van der Waals surface area contributed by atoms with Crippen LogP contribution < -0.4 is 11.5 Å². The SMILES string of the molecule is Cc1c(N)cc(C(C)(C)CC(C)(C)C)cc1Cc1cc(C(C)(C)CC(C)(C)C)cc(N)c1O.c1ccc2[nH][nH]c2c1.c1ccc2[nH][nH]c2c1. The number of H-pyrrole nitrogens is 4. The quantitative estimate of drug-likeness (QED) is 0.0705. The molecule has 0 atom stereocenters. The first-order chi connectivity index (χ1) is 22.6. The fourth-order valence-electron chi connectivity index (χ4n) is 7.23. The predicted molar refractivity (Wildman–Crippen MR) is 210 cm³/mol. The monoisotopic (exact) mass is 664 g/mol. The van der Waals surface area contributed by atoms with E-state index in [4.69, 9.17) is 11.5 Å². The number of nitrogen functional groups attached to an aromatic ring is 2. The van der Waals surface area contributed by atoms with E-state index in [0.717, 1.165) is 40.8 Å². The number of anilines is 2. The molecule has 0 unspecified atom stereocenters. The second kappa shape index (κ2) is 14.1. The average Bonchev–Trinajstić information content (AvgIpc) is 2.93. The van der Waals surface area contributed by atoms with Crippen LogP contribution in [0, 0.1) is 17.8 Å². The van der Waals surface area contributed by atoms with Crippen LogP contribution >= 0.6 is 0 Å². The fraction of sp³-hybridized carbons (Fsp3) is 0.429. The Kier molecular flexibility index (Phi) is 10.8. The van der Waals surface area contributed by atoms with Crippen LogP contribution in [0.2, 0.25) is 0 Å². The summed E-state index contributed by atoms with van der Waals surface area (Å²) in [5.74, 6) is 0.183. The highest BCUT2D eigenvalue weighted by Gasteiger charge is 2.30. The summed E-state index contributed by atoms with van der Waals surface area (Å²) in [6.45, 7) is 24.8. The normalized spacial score (nSPS) is 12.5. The Morgan fingerprint density at radius 3 is 1.20 bits per heavy atom. The Morgan fingerprint density at radius 1 is 0.531 bits per heavy atom. The Labute approximate surface area is 293 Å². The van der Waals surface area contributed by atoms with Gasteiger partial charge in [0, 0.05) is 17.7 Å². The lowest BCUT2D eigenvalue weighted by molar-refractivity contribution is 0.283. The molecule has 0 fully saturated rings. The first-order valence-electron chi connectivity index (χ1n) is 17.4. The van der Waals surface area contributed by atoms with Gasteiger partial charge in [-0.05, 0) is 100 Å². The predicted octanol–water partition coefficient (Wildman–Crippen LogP) is 10.9. The van der Waals surface area contributed by atoms with Crippen molar-refractivity contribution in [3.63, 3.8) is 0 Å². The molecule has 0 saturated heterocycles. The van der Waals surface area contributed by atoms with Crippen LogP contribution in [0.15, 0.2) is 72.8 Å². The molecule has 6 rings (SSSR count). The molecule has 2 aromatic heterocycles. The van der Waals surface area contributed by atoms with Crippen molar-refractivity contribution in [2.24, 2.45) is 10.8 Å². The third-order valence-electron chi connectivity index (χ3n) is 9.18. The van der Waals surface area contributed by atoms with E-state index in [1.54, 1.807) is 0 Å². The van der Waals surface area contributed by atoms with Crippen molar-refractivity contribution in [1.82, 2.24) is 20.4 Å². The van der Waals surface area contributed by atoms with Crippen LogP contribution in [-0.4, -0.2) is 25.5 Å². The van der Waals surface area contributed by atoms with Gasteiger partial charge in [-0.3, -0.25) is 20.4 Å². The molecular weight excluding hydrogens is 605 g/mol. The summed E-state index contributed by atoms with van der Waals surface area (Å²) in [5, 5.41) is 22.6. The third-order valence-corrected chi connectivity index (χ3v) is 9.18. The first-order valence-corrected chi connectivity index (χ1v) is 17.4. The van der Waals surface area contributed by atoms with E-state index in [1.165, 1.54) is 27.6 Å². The molecule has 7 heteroatoms. The highest BCUT2D eigenvalue weighted by molar-refractivity contribution is 5.75. The van der Waals surface area contributed by atoms with Gasteiger partial charge in [-0.25, -0.2) is 0 Å². The van der Waals surface area contributed by atoms with E-state index in [0.29, 0.717) is 12.1 Å². The van der Waals surface area contributed by atoms with E-state index in [-0.39, 0.29) is 27.4 Å². The zero-order valence-electron chi connectivity index (χ0n) is 31.7. The lowest BCUT2D eigenvalue weighted by Gasteiger charge is -2.34. The van der Waals surface area contributed by atoms with Crippen molar-refractivity contribution >= 4 is 33.4 Å². The van der Waals surface area contributed by atoms with Crippen LogP contribution in [0.1, 0.15) is 110 Å². The van der Waals surface area contributed by atoms with Crippen molar-refractivity contribution in [2.75, 3.05) is 11.5 Å². The molecule has 49 heavy (non-hydrogen) atoms. The number of aromatic nitrogens is 4. The minimum atomic E-state index is -0.0561. The number of fused-ring (bicyclic) bond motifs is 2. The van der Waals surface area contributed by atoms with E-state index in [2.05, 4.69) is 115 Å². The molecule has 7 nitrogen and oxygen atoms in total. The van der Waals surface area contributed by atoms with Gasteiger partial charge in [0.1, 0.15) is 5.75 Å². The molecule has 2 heterocycles. The number of nitrogens with two attached hydrogens (primary N) is 2. The lowest BCUT2D eigenvalue weighted by Crippen LogP contribution is -2.25. The topological polar surface area (TPSA) is 135 Å². The summed E-state index contributed by atoms with van der Waals surface area (Å²) in [7, 11) is 0. The summed E-state index contributed by atoms with van der Waals surface area (Å²) in [5.41, 5.74) is 24.6. The van der Waals surface area contributed by atoms with Crippen molar-refractivity contribution in [2.45, 2.75) is 106 Å². The van der Waals surface area contributed by atoms with E-state index >= 15 is 0 Å². The van der Waals surface area contributed by atoms with Crippen molar-refractivity contribution in [3.05, 3.63) is 101 Å². The van der Waals surface area contributed by atoms with Crippen LogP contribution in [0.5, 0.6) is 5.75 Å². The number of hydrogen-bond acceptors (Lipinski definition) is 3. The number of phenols is 1. The molecule has 264 valence electrons. The second-order valence-electron chi connectivity index (χ2n) is 17.4. The van der Waals surface area contributed by atoms with E-state index < -0.39 is 0 Å². The molecule has 9 N–H and O–H groups in total. The standard InChI is InChI=1S/C30H48N2O.2C6H6N2/c1-19-20(13-22(15-24(19)31)29(8,9)17-27(2,3)4)12-21-14-23(16-25(32)26(21)33)30(10,11)18-28(5,6)7;2*1-2-4-6-5(3-1)7-8-6/h13-16,33H,12,17-18,31-32H2,1-11H3;2*1-4,7-8H. The number of para-hydroxylation sites is 4. The van der Waals surface area contributed by atoms with E-state index in [1.807, 2.05) is 54.6 Å². The van der Waals surface area contributed by atoms with E-state index in [9.17, 15) is 5.11 Å². The maximum absolute atomic E-state index is 10.9. The van der Waals surface area contributed by atoms with Gasteiger partial charge in [0.15, 0.2) is 0 Å². The molecule has 6 aromatic rings. The van der Waals surface area contributed by atoms with Gasteiger partial charge in [0.05, 0.1) is 27.8 Å². The van der Waals surface area contributed by atoms with Gasteiger partial charge in [0.2, 0.25) is 0 Å². The number of hydrogen-bond donors (Lipinski definition) is 7. The summed E-state index contributed by atoms with van der Waals surface area (Å²) in [4.78, 5) is 0. The largest absolute Gasteiger partial charge is 0.505 e. The number of aromatic hydroxyl groups is 1. The number of rotatable bonds is 6. The minimum Gasteiger partial charge on any atom is -0.505 e. The average molecular weight is 665 g/mol. The molecule has 0 spiro atoms. The summed E-state index contributed by atoms with van der Waals surface area (Å²) < 4.78 is 0. The first kappa shape index (κ1) is 37.3. The highest BCUT2D eigenvalue weighted by Crippen LogP contribution is 2.42. The molecule has 0 radical (unpaired) electrons. The Hall–Kier alpha value is -4.52. The third kappa shape index (κ3) is 9.78. The van der Waals surface area contributed by atoms with Gasteiger partial charge in [-0.1, -0.05) is 106 Å².